The van der Waals surface area contributed by atoms with Gasteiger partial charge in [-0.05, 0) is 83.4 Å². The van der Waals surface area contributed by atoms with Crippen LogP contribution in [-0.2, 0) is 23.4 Å². The first-order valence-electron chi connectivity index (χ1n) is 17.9. The van der Waals surface area contributed by atoms with Gasteiger partial charge in [0.15, 0.2) is 17.3 Å². The van der Waals surface area contributed by atoms with Gasteiger partial charge in [-0.1, -0.05) is 25.1 Å². The Labute approximate surface area is 318 Å². The number of carbonyl (C=O) groups is 2. The molecule has 5 rings (SSSR count). The van der Waals surface area contributed by atoms with E-state index < -0.39 is 23.0 Å². The van der Waals surface area contributed by atoms with Crippen LogP contribution in [0.15, 0.2) is 64.2 Å². The predicted octanol–water partition coefficient (Wildman–Crippen LogP) is 4.77. The molecule has 1 fully saturated rings. The first kappa shape index (κ1) is 40.0. The first-order chi connectivity index (χ1) is 26.1. The molecule has 1 aliphatic heterocycles. The van der Waals surface area contributed by atoms with Crippen LogP contribution in [0.1, 0.15) is 74.8 Å². The highest BCUT2D eigenvalue weighted by molar-refractivity contribution is 5.95. The second kappa shape index (κ2) is 16.4. The summed E-state index contributed by atoms with van der Waals surface area (Å²) >= 11 is 0. The zero-order valence-electron chi connectivity index (χ0n) is 32.4. The Bertz CT molecular complexity index is 2310. The van der Waals surface area contributed by atoms with Crippen molar-refractivity contribution in [2.75, 3.05) is 43.4 Å². The minimum atomic E-state index is -1.70. The van der Waals surface area contributed by atoms with Crippen molar-refractivity contribution < 1.29 is 24.2 Å². The van der Waals surface area contributed by atoms with E-state index in [2.05, 4.69) is 25.4 Å². The number of hydrogen-bond donors (Lipinski definition) is 3. The van der Waals surface area contributed by atoms with E-state index in [1.165, 1.54) is 42.9 Å². The van der Waals surface area contributed by atoms with Gasteiger partial charge in [0.2, 0.25) is 11.7 Å². The standard InChI is InChI=1S/C39H47FN10O5/c1-9-11-26(19-23(3)18-24(4)41-8)35-45-38-49(21-31(52)44-28-13-12-27(20-30(28)51)39(6,7)40)29(10-2)33(37(55)50(38)46-35)47-14-16-48(17-15-47)36(54)32-34(53)25(5)42-22-43-32/h9,11-13,18-20,22,51,53H,10,14-17,21H2,1-8H3,(H,44,52)/b11-9-,23-18+,26-19+,41-24?. The van der Waals surface area contributed by atoms with Crippen LogP contribution < -0.4 is 15.8 Å². The molecule has 4 aromatic rings. The Hall–Kier alpha value is -6.19. The largest absolute Gasteiger partial charge is 0.506 e. The molecule has 0 unspecified atom stereocenters. The molecule has 4 heterocycles. The summed E-state index contributed by atoms with van der Waals surface area (Å²) in [6.07, 6.45) is 8.99. The van der Waals surface area contributed by atoms with E-state index in [-0.39, 0.29) is 78.5 Å². The van der Waals surface area contributed by atoms with Crippen molar-refractivity contribution in [2.24, 2.45) is 4.99 Å². The van der Waals surface area contributed by atoms with E-state index in [1.807, 2.05) is 56.9 Å². The molecule has 0 aliphatic carbocycles. The number of phenolic OH excluding ortho intramolecular Hbond substituents is 1. The molecule has 15 nitrogen and oxygen atoms in total. The molecule has 3 aromatic heterocycles. The van der Waals surface area contributed by atoms with Gasteiger partial charge in [-0.25, -0.2) is 14.4 Å². The molecule has 1 aliphatic rings. The van der Waals surface area contributed by atoms with Gasteiger partial charge in [-0.2, -0.15) is 9.50 Å². The summed E-state index contributed by atoms with van der Waals surface area (Å²) in [5.41, 5.74) is 1.50. The summed E-state index contributed by atoms with van der Waals surface area (Å²) in [5, 5.41) is 28.5. The number of benzene rings is 1. The molecular formula is C39H47FN10O5. The molecule has 0 bridgehead atoms. The van der Waals surface area contributed by atoms with Gasteiger partial charge in [-0.15, -0.1) is 5.10 Å². The molecule has 0 radical (unpaired) electrons. The van der Waals surface area contributed by atoms with Crippen molar-refractivity contribution in [3.63, 3.8) is 0 Å². The Morgan fingerprint density at radius 3 is 2.42 bits per heavy atom. The Kier molecular flexibility index (Phi) is 12.0. The van der Waals surface area contributed by atoms with Crippen molar-refractivity contribution in [1.29, 1.82) is 0 Å². The second-order valence-corrected chi connectivity index (χ2v) is 13.7. The molecule has 16 heteroatoms. The average Bonchev–Trinajstić information content (AvgIpc) is 3.60. The summed E-state index contributed by atoms with van der Waals surface area (Å²) in [7, 11) is 1.70. The van der Waals surface area contributed by atoms with Crippen LogP contribution in [0.3, 0.4) is 0 Å². The fourth-order valence-corrected chi connectivity index (χ4v) is 6.35. The van der Waals surface area contributed by atoms with Gasteiger partial charge in [0.05, 0.1) is 17.1 Å². The lowest BCUT2D eigenvalue weighted by Gasteiger charge is -2.36. The quantitative estimate of drug-likeness (QED) is 0.110. The lowest BCUT2D eigenvalue weighted by molar-refractivity contribution is -0.116. The molecule has 55 heavy (non-hydrogen) atoms. The Morgan fingerprint density at radius 1 is 1.09 bits per heavy atom. The number of aliphatic imine (C=N–C) groups is 1. The van der Waals surface area contributed by atoms with Crippen molar-refractivity contribution in [2.45, 2.75) is 67.1 Å². The van der Waals surface area contributed by atoms with E-state index in [1.54, 1.807) is 23.4 Å². The number of halogens is 1. The minimum absolute atomic E-state index is 0.0904. The predicted molar refractivity (Wildman–Crippen MR) is 210 cm³/mol. The average molecular weight is 755 g/mol. The van der Waals surface area contributed by atoms with Crippen LogP contribution in [0.5, 0.6) is 11.5 Å². The SMILES string of the molecule is C\C=C/C(=C\C(C)=C\C(C)=NC)c1nc2n(CC(=O)Nc3ccc(C(C)(C)F)cc3O)c(CC)c(N3CCN(C(=O)c4ncnc(C)c4O)CC3)c(=O)n2n1. The number of carbonyl (C=O) groups excluding carboxylic acids is 2. The van der Waals surface area contributed by atoms with Crippen LogP contribution in [-0.4, -0.2) is 95.0 Å². The van der Waals surface area contributed by atoms with Gasteiger partial charge in [-0.3, -0.25) is 19.4 Å². The van der Waals surface area contributed by atoms with E-state index in [0.717, 1.165) is 11.3 Å². The summed E-state index contributed by atoms with van der Waals surface area (Å²) in [6, 6.07) is 4.19. The van der Waals surface area contributed by atoms with Gasteiger partial charge in [0.25, 0.3) is 11.5 Å². The third kappa shape index (κ3) is 8.63. The first-order valence-corrected chi connectivity index (χ1v) is 17.9. The zero-order valence-corrected chi connectivity index (χ0v) is 32.4. The van der Waals surface area contributed by atoms with Crippen molar-refractivity contribution in [1.82, 2.24) is 34.0 Å². The molecule has 0 atom stereocenters. The summed E-state index contributed by atoms with van der Waals surface area (Å²) in [6.45, 7) is 12.5. The van der Waals surface area contributed by atoms with E-state index in [4.69, 9.17) is 4.98 Å². The topological polar surface area (TPSA) is 183 Å². The number of alkyl halides is 1. The normalized spacial score (nSPS) is 14.7. The number of piperazine rings is 1. The smallest absolute Gasteiger partial charge is 0.299 e. The number of amides is 2. The number of nitrogens with one attached hydrogen (secondary N) is 1. The lowest BCUT2D eigenvalue weighted by Crippen LogP contribution is -2.51. The Balaban J connectivity index is 1.59. The monoisotopic (exact) mass is 754 g/mol. The van der Waals surface area contributed by atoms with Crippen molar-refractivity contribution in [3.05, 3.63) is 93.2 Å². The van der Waals surface area contributed by atoms with Crippen molar-refractivity contribution in [3.8, 4) is 11.5 Å². The van der Waals surface area contributed by atoms with Gasteiger partial charge in [0.1, 0.15) is 30.0 Å². The fraction of sp³-hybridized carbons (Fsp3) is 0.385. The number of fused-ring (bicyclic) bond motifs is 1. The number of rotatable bonds is 11. The third-order valence-corrected chi connectivity index (χ3v) is 9.29. The molecule has 3 N–H and O–H groups in total. The van der Waals surface area contributed by atoms with Crippen LogP contribution in [0.25, 0.3) is 11.4 Å². The number of anilines is 2. The molecule has 0 spiro atoms. The lowest BCUT2D eigenvalue weighted by atomic mass is 9.99. The van der Waals surface area contributed by atoms with Crippen LogP contribution in [0.4, 0.5) is 15.8 Å². The number of phenols is 1. The number of aryl methyl sites for hydroxylation is 1. The number of hydrogen-bond acceptors (Lipinski definition) is 11. The maximum atomic E-state index is 14.6. The van der Waals surface area contributed by atoms with E-state index in [9.17, 15) is 29.0 Å². The second-order valence-electron chi connectivity index (χ2n) is 13.7. The highest BCUT2D eigenvalue weighted by Crippen LogP contribution is 2.32. The highest BCUT2D eigenvalue weighted by Gasteiger charge is 2.31. The van der Waals surface area contributed by atoms with E-state index in [0.29, 0.717) is 23.4 Å². The summed E-state index contributed by atoms with van der Waals surface area (Å²) in [4.78, 5) is 61.9. The maximum Gasteiger partial charge on any atom is 0.299 e. The molecule has 2 amide bonds. The van der Waals surface area contributed by atoms with Gasteiger partial charge in [0, 0.05) is 44.5 Å². The zero-order chi connectivity index (χ0) is 40.2. The number of allylic oxidation sites excluding steroid dienone is 6. The highest BCUT2D eigenvalue weighted by atomic mass is 19.1. The maximum absolute atomic E-state index is 14.6. The fourth-order valence-electron chi connectivity index (χ4n) is 6.35. The Morgan fingerprint density at radius 2 is 1.80 bits per heavy atom. The molecular weight excluding hydrogens is 707 g/mol. The minimum Gasteiger partial charge on any atom is -0.506 e. The third-order valence-electron chi connectivity index (χ3n) is 9.29. The van der Waals surface area contributed by atoms with Gasteiger partial charge >= 0.3 is 0 Å². The van der Waals surface area contributed by atoms with Crippen LogP contribution >= 0.6 is 0 Å². The van der Waals surface area contributed by atoms with E-state index >= 15 is 0 Å². The van der Waals surface area contributed by atoms with Crippen molar-refractivity contribution >= 4 is 40.3 Å². The molecule has 1 saturated heterocycles. The summed E-state index contributed by atoms with van der Waals surface area (Å²) < 4.78 is 17.4. The number of aromatic nitrogens is 6. The summed E-state index contributed by atoms with van der Waals surface area (Å²) in [5.74, 6) is -1.19. The van der Waals surface area contributed by atoms with Gasteiger partial charge < -0.3 is 29.9 Å². The molecule has 0 saturated carbocycles. The molecule has 1 aromatic carbocycles. The van der Waals surface area contributed by atoms with Crippen LogP contribution in [0, 0.1) is 6.92 Å². The number of nitrogens with zero attached hydrogens (tertiary/aromatic N) is 9. The van der Waals surface area contributed by atoms with Crippen LogP contribution in [0.2, 0.25) is 0 Å². The number of aromatic hydroxyl groups is 2. The molecule has 290 valence electrons.